The number of aliphatic imine (C=N–C) groups is 1. The van der Waals surface area contributed by atoms with Crippen LogP contribution in [0.2, 0.25) is 0 Å². The fourth-order valence-electron chi connectivity index (χ4n) is 2.44. The smallest absolute Gasteiger partial charge is 0.253 e. The Bertz CT molecular complexity index is 557. The Hall–Kier alpha value is -2.12. The Balaban J connectivity index is 1.84. The van der Waals surface area contributed by atoms with Crippen molar-refractivity contribution < 1.29 is 14.3 Å². The van der Waals surface area contributed by atoms with Gasteiger partial charge in [0.1, 0.15) is 6.10 Å². The number of nitrogens with one attached hydrogen (secondary N) is 3. The number of benzene rings is 1. The Morgan fingerprint density at radius 3 is 3.00 bits per heavy atom. The van der Waals surface area contributed by atoms with Crippen LogP contribution in [0.25, 0.3) is 0 Å². The molecule has 1 aromatic rings. The van der Waals surface area contributed by atoms with Gasteiger partial charge in [0.05, 0.1) is 6.61 Å². The highest BCUT2D eigenvalue weighted by molar-refractivity contribution is 5.94. The summed E-state index contributed by atoms with van der Waals surface area (Å²) < 4.78 is 10.4. The third-order valence-electron chi connectivity index (χ3n) is 3.70. The number of amides is 1. The van der Waals surface area contributed by atoms with Gasteiger partial charge in [0.15, 0.2) is 5.96 Å². The zero-order valence-corrected chi connectivity index (χ0v) is 14.3. The van der Waals surface area contributed by atoms with Gasteiger partial charge in [-0.25, -0.2) is 0 Å². The van der Waals surface area contributed by atoms with Crippen LogP contribution in [-0.4, -0.2) is 51.9 Å². The SMILES string of the molecule is CN=C(NCCOC)NCc1cccc(NC(=O)C2CCCO2)c1. The van der Waals surface area contributed by atoms with Crippen molar-refractivity contribution in [3.05, 3.63) is 29.8 Å². The number of ether oxygens (including phenoxy) is 2. The predicted octanol–water partition coefficient (Wildman–Crippen LogP) is 1.12. The number of rotatable bonds is 7. The molecule has 2 rings (SSSR count). The summed E-state index contributed by atoms with van der Waals surface area (Å²) in [4.78, 5) is 16.2. The molecule has 1 aromatic carbocycles. The lowest BCUT2D eigenvalue weighted by atomic mass is 10.2. The third-order valence-corrected chi connectivity index (χ3v) is 3.70. The minimum atomic E-state index is -0.324. The second kappa shape index (κ2) is 9.89. The highest BCUT2D eigenvalue weighted by Crippen LogP contribution is 2.16. The Morgan fingerprint density at radius 2 is 2.29 bits per heavy atom. The van der Waals surface area contributed by atoms with E-state index in [0.717, 1.165) is 24.1 Å². The fourth-order valence-corrected chi connectivity index (χ4v) is 2.44. The van der Waals surface area contributed by atoms with Gasteiger partial charge in [-0.15, -0.1) is 0 Å². The first-order valence-corrected chi connectivity index (χ1v) is 8.18. The minimum absolute atomic E-state index is 0.0744. The lowest BCUT2D eigenvalue weighted by Gasteiger charge is -2.13. The summed E-state index contributed by atoms with van der Waals surface area (Å²) >= 11 is 0. The van der Waals surface area contributed by atoms with Gasteiger partial charge in [0, 0.05) is 39.5 Å². The first kappa shape index (κ1) is 18.2. The van der Waals surface area contributed by atoms with E-state index in [4.69, 9.17) is 9.47 Å². The Morgan fingerprint density at radius 1 is 1.42 bits per heavy atom. The molecular weight excluding hydrogens is 308 g/mol. The second-order valence-corrected chi connectivity index (χ2v) is 5.54. The van der Waals surface area contributed by atoms with Crippen molar-refractivity contribution in [2.45, 2.75) is 25.5 Å². The molecular formula is C17H26N4O3. The Kier molecular flexibility index (Phi) is 7.51. The summed E-state index contributed by atoms with van der Waals surface area (Å²) in [5.74, 6) is 0.635. The number of carbonyl (C=O) groups excluding carboxylic acids is 1. The van der Waals surface area contributed by atoms with Gasteiger partial charge in [-0.2, -0.15) is 0 Å². The van der Waals surface area contributed by atoms with Gasteiger partial charge in [0.2, 0.25) is 0 Å². The van der Waals surface area contributed by atoms with Crippen LogP contribution in [0.3, 0.4) is 0 Å². The van der Waals surface area contributed by atoms with Crippen molar-refractivity contribution in [2.24, 2.45) is 4.99 Å². The van der Waals surface area contributed by atoms with Crippen LogP contribution >= 0.6 is 0 Å². The topological polar surface area (TPSA) is 84.0 Å². The zero-order valence-electron chi connectivity index (χ0n) is 14.3. The molecule has 0 spiro atoms. The van der Waals surface area contributed by atoms with Crippen molar-refractivity contribution in [2.75, 3.05) is 39.2 Å². The molecule has 1 aliphatic heterocycles. The summed E-state index contributed by atoms with van der Waals surface area (Å²) in [6.45, 7) is 2.58. The number of anilines is 1. The maximum absolute atomic E-state index is 12.1. The van der Waals surface area contributed by atoms with E-state index in [1.807, 2.05) is 24.3 Å². The van der Waals surface area contributed by atoms with Gasteiger partial charge in [-0.3, -0.25) is 9.79 Å². The van der Waals surface area contributed by atoms with Crippen LogP contribution in [0.1, 0.15) is 18.4 Å². The first-order valence-electron chi connectivity index (χ1n) is 8.18. The normalized spacial score (nSPS) is 17.6. The van der Waals surface area contributed by atoms with E-state index in [0.29, 0.717) is 32.3 Å². The highest BCUT2D eigenvalue weighted by atomic mass is 16.5. The molecule has 1 atom stereocenters. The maximum atomic E-state index is 12.1. The molecule has 24 heavy (non-hydrogen) atoms. The number of guanidine groups is 1. The number of nitrogens with zero attached hydrogens (tertiary/aromatic N) is 1. The third kappa shape index (κ3) is 5.82. The van der Waals surface area contributed by atoms with Crippen LogP contribution < -0.4 is 16.0 Å². The predicted molar refractivity (Wildman–Crippen MR) is 94.1 cm³/mol. The quantitative estimate of drug-likeness (QED) is 0.395. The average Bonchev–Trinajstić information content (AvgIpc) is 3.13. The molecule has 1 unspecified atom stereocenters. The van der Waals surface area contributed by atoms with Crippen molar-refractivity contribution in [3.63, 3.8) is 0 Å². The molecule has 3 N–H and O–H groups in total. The van der Waals surface area contributed by atoms with Gasteiger partial charge in [-0.1, -0.05) is 12.1 Å². The average molecular weight is 334 g/mol. The standard InChI is InChI=1S/C17H26N4O3/c1-18-17(19-8-10-23-2)20-12-13-5-3-6-14(11-13)21-16(22)15-7-4-9-24-15/h3,5-6,11,15H,4,7-10,12H2,1-2H3,(H,21,22)(H2,18,19,20). The first-order chi connectivity index (χ1) is 11.7. The molecule has 1 saturated heterocycles. The van der Waals surface area contributed by atoms with E-state index >= 15 is 0 Å². The zero-order chi connectivity index (χ0) is 17.2. The molecule has 0 aromatic heterocycles. The summed E-state index contributed by atoms with van der Waals surface area (Å²) in [6.07, 6.45) is 1.41. The van der Waals surface area contributed by atoms with E-state index < -0.39 is 0 Å². The molecule has 1 heterocycles. The molecule has 0 radical (unpaired) electrons. The summed E-state index contributed by atoms with van der Waals surface area (Å²) in [5.41, 5.74) is 1.83. The molecule has 1 aliphatic rings. The van der Waals surface area contributed by atoms with Crippen molar-refractivity contribution in [1.29, 1.82) is 0 Å². The number of hydrogen-bond donors (Lipinski definition) is 3. The van der Waals surface area contributed by atoms with Crippen molar-refractivity contribution in [3.8, 4) is 0 Å². The number of methoxy groups -OCH3 is 1. The van der Waals surface area contributed by atoms with Crippen LogP contribution in [-0.2, 0) is 20.8 Å². The van der Waals surface area contributed by atoms with Gasteiger partial charge >= 0.3 is 0 Å². The molecule has 0 saturated carbocycles. The number of carbonyl (C=O) groups is 1. The lowest BCUT2D eigenvalue weighted by molar-refractivity contribution is -0.124. The lowest BCUT2D eigenvalue weighted by Crippen LogP contribution is -2.38. The van der Waals surface area contributed by atoms with Crippen LogP contribution in [0.15, 0.2) is 29.3 Å². The minimum Gasteiger partial charge on any atom is -0.383 e. The summed E-state index contributed by atoms with van der Waals surface area (Å²) in [7, 11) is 3.38. The summed E-state index contributed by atoms with van der Waals surface area (Å²) in [5, 5.41) is 9.29. The molecule has 0 aliphatic carbocycles. The second-order valence-electron chi connectivity index (χ2n) is 5.54. The van der Waals surface area contributed by atoms with E-state index in [2.05, 4.69) is 20.9 Å². The fraction of sp³-hybridized carbons (Fsp3) is 0.529. The van der Waals surface area contributed by atoms with E-state index in [1.54, 1.807) is 14.2 Å². The van der Waals surface area contributed by atoms with Crippen molar-refractivity contribution >= 4 is 17.6 Å². The van der Waals surface area contributed by atoms with E-state index in [1.165, 1.54) is 0 Å². The van der Waals surface area contributed by atoms with Crippen LogP contribution in [0, 0.1) is 0 Å². The molecule has 7 heteroatoms. The van der Waals surface area contributed by atoms with Gasteiger partial charge in [-0.05, 0) is 30.5 Å². The van der Waals surface area contributed by atoms with Crippen LogP contribution in [0.4, 0.5) is 5.69 Å². The molecule has 0 bridgehead atoms. The largest absolute Gasteiger partial charge is 0.383 e. The number of hydrogen-bond acceptors (Lipinski definition) is 4. The van der Waals surface area contributed by atoms with E-state index in [9.17, 15) is 4.79 Å². The van der Waals surface area contributed by atoms with Gasteiger partial charge < -0.3 is 25.4 Å². The van der Waals surface area contributed by atoms with Gasteiger partial charge in [0.25, 0.3) is 5.91 Å². The maximum Gasteiger partial charge on any atom is 0.253 e. The monoisotopic (exact) mass is 334 g/mol. The highest BCUT2D eigenvalue weighted by Gasteiger charge is 2.23. The molecule has 1 fully saturated rings. The van der Waals surface area contributed by atoms with E-state index in [-0.39, 0.29) is 12.0 Å². The Labute approximate surface area is 142 Å². The summed E-state index contributed by atoms with van der Waals surface area (Å²) in [6, 6.07) is 7.74. The molecule has 1 amide bonds. The van der Waals surface area contributed by atoms with Crippen molar-refractivity contribution in [1.82, 2.24) is 10.6 Å². The molecule has 7 nitrogen and oxygen atoms in total. The van der Waals surface area contributed by atoms with Crippen LogP contribution in [0.5, 0.6) is 0 Å². The molecule has 132 valence electrons.